The molecule has 0 aliphatic rings. The highest BCUT2D eigenvalue weighted by atomic mass is 79.9. The molecule has 2 rings (SSSR count). The van der Waals surface area contributed by atoms with Gasteiger partial charge >= 0.3 is 0 Å². The molecule has 0 aliphatic carbocycles. The van der Waals surface area contributed by atoms with E-state index in [0.717, 1.165) is 10.2 Å². The molecule has 1 aromatic carbocycles. The van der Waals surface area contributed by atoms with Gasteiger partial charge in [0, 0.05) is 16.4 Å². The van der Waals surface area contributed by atoms with Gasteiger partial charge in [-0.1, -0.05) is 22.0 Å². The predicted molar refractivity (Wildman–Crippen MR) is 65.5 cm³/mol. The first-order chi connectivity index (χ1) is 8.29. The number of hydrogen-bond donors (Lipinski definition) is 2. The van der Waals surface area contributed by atoms with E-state index >= 15 is 0 Å². The Bertz CT molecular complexity index is 569. The standard InChI is InChI=1S/C10H7BrN6/c11-8-2-1-3-9(4-8)13-6-7(5-12)10-14-16-17-15-10/h1-4,6,13H,(H,14,15,16,17). The van der Waals surface area contributed by atoms with Gasteiger partial charge in [-0.3, -0.25) is 0 Å². The van der Waals surface area contributed by atoms with Crippen LogP contribution in [-0.4, -0.2) is 20.6 Å². The maximum Gasteiger partial charge on any atom is 0.216 e. The Hall–Kier alpha value is -2.20. The third-order valence-electron chi connectivity index (χ3n) is 1.91. The number of nitriles is 1. The predicted octanol–water partition coefficient (Wildman–Crippen LogP) is 1.94. The van der Waals surface area contributed by atoms with Crippen molar-refractivity contribution < 1.29 is 0 Å². The molecule has 0 amide bonds. The molecular weight excluding hydrogens is 284 g/mol. The van der Waals surface area contributed by atoms with E-state index in [4.69, 9.17) is 5.26 Å². The van der Waals surface area contributed by atoms with Crippen molar-refractivity contribution in [3.05, 3.63) is 40.8 Å². The van der Waals surface area contributed by atoms with Crippen molar-refractivity contribution >= 4 is 27.2 Å². The van der Waals surface area contributed by atoms with Crippen LogP contribution >= 0.6 is 15.9 Å². The molecule has 1 aromatic heterocycles. The molecule has 0 bridgehead atoms. The number of hydrogen-bond acceptors (Lipinski definition) is 5. The summed E-state index contributed by atoms with van der Waals surface area (Å²) < 4.78 is 0.953. The number of nitrogens with zero attached hydrogens (tertiary/aromatic N) is 4. The molecule has 84 valence electrons. The van der Waals surface area contributed by atoms with Gasteiger partial charge in [-0.25, -0.2) is 0 Å². The molecule has 0 fully saturated rings. The van der Waals surface area contributed by atoms with Crippen molar-refractivity contribution in [3.63, 3.8) is 0 Å². The lowest BCUT2D eigenvalue weighted by Gasteiger charge is -2.01. The molecule has 6 nitrogen and oxygen atoms in total. The Morgan fingerprint density at radius 3 is 3.06 bits per heavy atom. The van der Waals surface area contributed by atoms with Crippen molar-refractivity contribution in [1.29, 1.82) is 5.26 Å². The van der Waals surface area contributed by atoms with Crippen LogP contribution in [0.5, 0.6) is 0 Å². The summed E-state index contributed by atoms with van der Waals surface area (Å²) in [5.74, 6) is 0.259. The first-order valence-electron chi connectivity index (χ1n) is 4.66. The van der Waals surface area contributed by atoms with Crippen LogP contribution in [0.1, 0.15) is 5.82 Å². The zero-order valence-corrected chi connectivity index (χ0v) is 10.1. The lowest BCUT2D eigenvalue weighted by Crippen LogP contribution is -1.92. The van der Waals surface area contributed by atoms with Crippen LogP contribution in [0.2, 0.25) is 0 Å². The van der Waals surface area contributed by atoms with E-state index in [1.54, 1.807) is 0 Å². The Morgan fingerprint density at radius 2 is 2.41 bits per heavy atom. The van der Waals surface area contributed by atoms with E-state index in [2.05, 4.69) is 41.9 Å². The van der Waals surface area contributed by atoms with Gasteiger partial charge in [0.2, 0.25) is 5.82 Å². The second-order valence-electron chi connectivity index (χ2n) is 3.06. The number of halogens is 1. The molecule has 0 atom stereocenters. The van der Waals surface area contributed by atoms with E-state index in [9.17, 15) is 0 Å². The van der Waals surface area contributed by atoms with E-state index in [-0.39, 0.29) is 5.82 Å². The third-order valence-corrected chi connectivity index (χ3v) is 2.41. The quantitative estimate of drug-likeness (QED) is 0.843. The second-order valence-corrected chi connectivity index (χ2v) is 3.98. The van der Waals surface area contributed by atoms with Gasteiger partial charge in [-0.2, -0.15) is 10.5 Å². The lowest BCUT2D eigenvalue weighted by atomic mass is 10.3. The molecule has 0 spiro atoms. The number of allylic oxidation sites excluding steroid dienone is 1. The fourth-order valence-electron chi connectivity index (χ4n) is 1.16. The summed E-state index contributed by atoms with van der Waals surface area (Å²) in [6, 6.07) is 9.57. The maximum absolute atomic E-state index is 8.94. The third kappa shape index (κ3) is 2.89. The first kappa shape index (κ1) is 11.3. The van der Waals surface area contributed by atoms with Crippen LogP contribution in [0, 0.1) is 11.3 Å². The minimum absolute atomic E-state index is 0.259. The summed E-state index contributed by atoms with van der Waals surface area (Å²) >= 11 is 3.36. The minimum atomic E-state index is 0.259. The summed E-state index contributed by atoms with van der Waals surface area (Å²) in [6.07, 6.45) is 1.53. The molecule has 0 radical (unpaired) electrons. The number of nitrogens with one attached hydrogen (secondary N) is 2. The number of H-pyrrole nitrogens is 1. The Balaban J connectivity index is 2.17. The highest BCUT2D eigenvalue weighted by Crippen LogP contribution is 2.16. The summed E-state index contributed by atoms with van der Waals surface area (Å²) in [7, 11) is 0. The van der Waals surface area contributed by atoms with Crippen LogP contribution < -0.4 is 5.32 Å². The largest absolute Gasteiger partial charge is 0.360 e. The van der Waals surface area contributed by atoms with Crippen LogP contribution in [0.3, 0.4) is 0 Å². The summed E-state index contributed by atoms with van der Waals surface area (Å²) in [6.45, 7) is 0. The molecule has 0 unspecified atom stereocenters. The number of rotatable bonds is 3. The van der Waals surface area contributed by atoms with Crippen molar-refractivity contribution in [1.82, 2.24) is 20.6 Å². The Morgan fingerprint density at radius 1 is 1.53 bits per heavy atom. The van der Waals surface area contributed by atoms with E-state index < -0.39 is 0 Å². The zero-order valence-electron chi connectivity index (χ0n) is 8.55. The summed E-state index contributed by atoms with van der Waals surface area (Å²) in [5.41, 5.74) is 1.16. The highest BCUT2D eigenvalue weighted by Gasteiger charge is 2.04. The summed E-state index contributed by atoms with van der Waals surface area (Å²) in [5, 5.41) is 25.1. The average molecular weight is 291 g/mol. The van der Waals surface area contributed by atoms with Gasteiger partial charge in [-0.15, -0.1) is 10.2 Å². The Kier molecular flexibility index (Phi) is 3.47. The van der Waals surface area contributed by atoms with Gasteiger partial charge in [0.1, 0.15) is 11.6 Å². The summed E-state index contributed by atoms with van der Waals surface area (Å²) in [4.78, 5) is 0. The van der Waals surface area contributed by atoms with Crippen molar-refractivity contribution in [2.45, 2.75) is 0 Å². The molecule has 0 saturated carbocycles. The molecule has 0 aliphatic heterocycles. The van der Waals surface area contributed by atoms with E-state index in [1.165, 1.54) is 6.20 Å². The fourth-order valence-corrected chi connectivity index (χ4v) is 1.56. The van der Waals surface area contributed by atoms with Crippen molar-refractivity contribution in [2.24, 2.45) is 0 Å². The normalized spacial score (nSPS) is 10.9. The van der Waals surface area contributed by atoms with E-state index in [0.29, 0.717) is 5.57 Å². The SMILES string of the molecule is N#CC(=CNc1cccc(Br)c1)c1nn[nH]n1. The molecule has 2 N–H and O–H groups in total. The van der Waals surface area contributed by atoms with E-state index in [1.807, 2.05) is 30.3 Å². The number of tetrazole rings is 1. The van der Waals surface area contributed by atoms with Gasteiger partial charge in [0.05, 0.1) is 0 Å². The topological polar surface area (TPSA) is 90.3 Å². The van der Waals surface area contributed by atoms with Gasteiger partial charge in [-0.05, 0) is 23.4 Å². The van der Waals surface area contributed by atoms with Crippen molar-refractivity contribution in [3.8, 4) is 6.07 Å². The number of benzene rings is 1. The molecule has 1 heterocycles. The lowest BCUT2D eigenvalue weighted by molar-refractivity contribution is 0.881. The minimum Gasteiger partial charge on any atom is -0.360 e. The number of aromatic amines is 1. The molecule has 7 heteroatoms. The number of aromatic nitrogens is 4. The molecule has 2 aromatic rings. The molecule has 17 heavy (non-hydrogen) atoms. The van der Waals surface area contributed by atoms with Crippen molar-refractivity contribution in [2.75, 3.05) is 5.32 Å². The van der Waals surface area contributed by atoms with Gasteiger partial charge < -0.3 is 5.32 Å². The van der Waals surface area contributed by atoms with Gasteiger partial charge in [0.15, 0.2) is 0 Å². The maximum atomic E-state index is 8.94. The highest BCUT2D eigenvalue weighted by molar-refractivity contribution is 9.10. The second kappa shape index (κ2) is 5.23. The molecule has 0 saturated heterocycles. The van der Waals surface area contributed by atoms with Crippen LogP contribution in [0.15, 0.2) is 34.9 Å². The average Bonchev–Trinajstić information content (AvgIpc) is 2.84. The molecular formula is C10H7BrN6. The smallest absolute Gasteiger partial charge is 0.216 e. The first-order valence-corrected chi connectivity index (χ1v) is 5.45. The monoisotopic (exact) mass is 290 g/mol. The van der Waals surface area contributed by atoms with Gasteiger partial charge in [0.25, 0.3) is 0 Å². The van der Waals surface area contributed by atoms with Crippen LogP contribution in [0.25, 0.3) is 5.57 Å². The Labute approximate surface area is 105 Å². The zero-order chi connectivity index (χ0) is 12.1. The van der Waals surface area contributed by atoms with Crippen LogP contribution in [-0.2, 0) is 0 Å². The fraction of sp³-hybridized carbons (Fsp3) is 0. The van der Waals surface area contributed by atoms with Crippen LogP contribution in [0.4, 0.5) is 5.69 Å². The number of anilines is 1.